The number of nitrogens with one attached hydrogen (secondary N) is 2. The minimum absolute atomic E-state index is 0.312. The zero-order valence-corrected chi connectivity index (χ0v) is 14.2. The Balaban J connectivity index is 1.75. The van der Waals surface area contributed by atoms with E-state index < -0.39 is 0 Å². The van der Waals surface area contributed by atoms with Crippen LogP contribution in [0.1, 0.15) is 37.8 Å². The maximum atomic E-state index is 5.61. The van der Waals surface area contributed by atoms with Gasteiger partial charge in [0.05, 0.1) is 19.7 Å². The average Bonchev–Trinajstić information content (AvgIpc) is 3.02. The van der Waals surface area contributed by atoms with Gasteiger partial charge in [-0.25, -0.2) is 0 Å². The first kappa shape index (κ1) is 16.1. The zero-order valence-electron chi connectivity index (χ0n) is 14.2. The van der Waals surface area contributed by atoms with Gasteiger partial charge in [-0.15, -0.1) is 0 Å². The summed E-state index contributed by atoms with van der Waals surface area (Å²) < 4.78 is 5.61. The van der Waals surface area contributed by atoms with Crippen LogP contribution < -0.4 is 15.4 Å². The standard InChI is InChI=1S/C18H28N4O/c1-14-12-19-18(21-14)20-13-16(22-10-6-3-7-11-22)15-8-4-5-9-17(15)23-2/h4-5,8-9,14,16H,3,6-7,10-13H2,1-2H3,(H2,19,20,21). The quantitative estimate of drug-likeness (QED) is 0.874. The molecule has 2 unspecified atom stereocenters. The van der Waals surface area contributed by atoms with Gasteiger partial charge in [0.15, 0.2) is 5.96 Å². The van der Waals surface area contributed by atoms with Gasteiger partial charge in [-0.05, 0) is 38.9 Å². The summed E-state index contributed by atoms with van der Waals surface area (Å²) in [7, 11) is 1.75. The molecule has 0 saturated carbocycles. The molecule has 2 aliphatic heterocycles. The molecule has 0 spiro atoms. The molecule has 1 aromatic carbocycles. The van der Waals surface area contributed by atoms with E-state index in [4.69, 9.17) is 4.74 Å². The second-order valence-electron chi connectivity index (χ2n) is 6.47. The Morgan fingerprint density at radius 1 is 1.30 bits per heavy atom. The first-order chi connectivity index (χ1) is 11.3. The number of hydrogen-bond donors (Lipinski definition) is 2. The fourth-order valence-corrected chi connectivity index (χ4v) is 3.46. The lowest BCUT2D eigenvalue weighted by Gasteiger charge is -2.35. The normalized spacial score (nSPS) is 23.0. The first-order valence-electron chi connectivity index (χ1n) is 8.69. The van der Waals surface area contributed by atoms with Gasteiger partial charge >= 0.3 is 0 Å². The van der Waals surface area contributed by atoms with Crippen molar-refractivity contribution in [2.45, 2.75) is 38.3 Å². The Labute approximate surface area is 139 Å². The van der Waals surface area contributed by atoms with Crippen LogP contribution in [0.2, 0.25) is 0 Å². The van der Waals surface area contributed by atoms with Crippen molar-refractivity contribution < 1.29 is 4.74 Å². The third-order valence-electron chi connectivity index (χ3n) is 4.70. The van der Waals surface area contributed by atoms with Crippen LogP contribution in [0, 0.1) is 0 Å². The highest BCUT2D eigenvalue weighted by Crippen LogP contribution is 2.30. The molecule has 5 heteroatoms. The van der Waals surface area contributed by atoms with Gasteiger partial charge in [-0.1, -0.05) is 24.6 Å². The van der Waals surface area contributed by atoms with Crippen LogP contribution in [0.4, 0.5) is 0 Å². The predicted molar refractivity (Wildman–Crippen MR) is 94.1 cm³/mol. The number of methoxy groups -OCH3 is 1. The molecule has 3 rings (SSSR count). The van der Waals surface area contributed by atoms with Gasteiger partial charge in [-0.3, -0.25) is 9.89 Å². The molecule has 2 heterocycles. The lowest BCUT2D eigenvalue weighted by atomic mass is 10.0. The molecule has 0 aliphatic carbocycles. The zero-order chi connectivity index (χ0) is 16.1. The summed E-state index contributed by atoms with van der Waals surface area (Å²) in [4.78, 5) is 7.09. The van der Waals surface area contributed by atoms with E-state index in [9.17, 15) is 0 Å². The topological polar surface area (TPSA) is 48.9 Å². The van der Waals surface area contributed by atoms with E-state index in [1.165, 1.54) is 24.8 Å². The fourth-order valence-electron chi connectivity index (χ4n) is 3.46. The van der Waals surface area contributed by atoms with E-state index in [0.717, 1.165) is 37.9 Å². The minimum Gasteiger partial charge on any atom is -0.496 e. The number of piperidine rings is 1. The van der Waals surface area contributed by atoms with Crippen molar-refractivity contribution in [2.24, 2.45) is 4.99 Å². The summed E-state index contributed by atoms with van der Waals surface area (Å²) in [6, 6.07) is 9.12. The Bertz CT molecular complexity index is 540. The summed E-state index contributed by atoms with van der Waals surface area (Å²) in [5.41, 5.74) is 1.26. The molecule has 1 aromatic rings. The van der Waals surface area contributed by atoms with Crippen LogP contribution in [0.3, 0.4) is 0 Å². The summed E-state index contributed by atoms with van der Waals surface area (Å²) >= 11 is 0. The Hall–Kier alpha value is -1.75. The number of rotatable bonds is 5. The van der Waals surface area contributed by atoms with Crippen LogP contribution >= 0.6 is 0 Å². The van der Waals surface area contributed by atoms with Crippen LogP contribution in [0.15, 0.2) is 29.3 Å². The monoisotopic (exact) mass is 316 g/mol. The number of aliphatic imine (C=N–C) groups is 1. The van der Waals surface area contributed by atoms with Crippen molar-refractivity contribution in [1.82, 2.24) is 15.5 Å². The first-order valence-corrected chi connectivity index (χ1v) is 8.69. The fraction of sp³-hybridized carbons (Fsp3) is 0.611. The van der Waals surface area contributed by atoms with Crippen molar-refractivity contribution in [1.29, 1.82) is 0 Å². The van der Waals surface area contributed by atoms with E-state index in [2.05, 4.69) is 45.6 Å². The number of likely N-dealkylation sites (tertiary alicyclic amines) is 1. The van der Waals surface area contributed by atoms with Gasteiger partial charge in [0.2, 0.25) is 0 Å². The third kappa shape index (κ3) is 3.96. The molecule has 2 atom stereocenters. The molecule has 0 bridgehead atoms. The summed E-state index contributed by atoms with van der Waals surface area (Å²) in [6.45, 7) is 6.16. The van der Waals surface area contributed by atoms with E-state index in [0.29, 0.717) is 12.1 Å². The molecule has 2 N–H and O–H groups in total. The molecule has 0 amide bonds. The predicted octanol–water partition coefficient (Wildman–Crippen LogP) is 2.16. The molecule has 2 aliphatic rings. The number of hydrogen-bond acceptors (Lipinski definition) is 5. The summed E-state index contributed by atoms with van der Waals surface area (Å²) in [5, 5.41) is 6.88. The van der Waals surface area contributed by atoms with Crippen molar-refractivity contribution in [2.75, 3.05) is 33.3 Å². The maximum absolute atomic E-state index is 5.61. The van der Waals surface area contributed by atoms with Crippen molar-refractivity contribution in [3.05, 3.63) is 29.8 Å². The molecular weight excluding hydrogens is 288 g/mol. The molecule has 0 aromatic heterocycles. The van der Waals surface area contributed by atoms with Gasteiger partial charge in [0.25, 0.3) is 0 Å². The summed E-state index contributed by atoms with van der Waals surface area (Å²) in [5.74, 6) is 1.90. The second-order valence-corrected chi connectivity index (χ2v) is 6.47. The van der Waals surface area contributed by atoms with Crippen molar-refractivity contribution >= 4 is 5.96 Å². The van der Waals surface area contributed by atoms with E-state index in [1.807, 2.05) is 6.07 Å². The number of para-hydroxylation sites is 1. The lowest BCUT2D eigenvalue weighted by Crippen LogP contribution is -2.44. The molecule has 23 heavy (non-hydrogen) atoms. The molecule has 1 saturated heterocycles. The molecule has 0 radical (unpaired) electrons. The van der Waals surface area contributed by atoms with Crippen LogP contribution in [-0.2, 0) is 0 Å². The van der Waals surface area contributed by atoms with E-state index >= 15 is 0 Å². The number of guanidine groups is 1. The Kier molecular flexibility index (Phi) is 5.39. The highest BCUT2D eigenvalue weighted by Gasteiger charge is 2.25. The Morgan fingerprint density at radius 2 is 2.09 bits per heavy atom. The Morgan fingerprint density at radius 3 is 2.78 bits per heavy atom. The molecule has 126 valence electrons. The van der Waals surface area contributed by atoms with Gasteiger partial charge in [0, 0.05) is 18.2 Å². The van der Waals surface area contributed by atoms with Gasteiger partial charge in [0.1, 0.15) is 5.75 Å². The minimum atomic E-state index is 0.312. The molecule has 1 fully saturated rings. The van der Waals surface area contributed by atoms with Crippen LogP contribution in [-0.4, -0.2) is 50.2 Å². The third-order valence-corrected chi connectivity index (χ3v) is 4.70. The lowest BCUT2D eigenvalue weighted by molar-refractivity contribution is 0.161. The highest BCUT2D eigenvalue weighted by molar-refractivity contribution is 5.81. The smallest absolute Gasteiger partial charge is 0.191 e. The summed E-state index contributed by atoms with van der Waals surface area (Å²) in [6.07, 6.45) is 3.90. The largest absolute Gasteiger partial charge is 0.496 e. The van der Waals surface area contributed by atoms with E-state index in [-0.39, 0.29) is 0 Å². The van der Waals surface area contributed by atoms with E-state index in [1.54, 1.807) is 7.11 Å². The number of benzene rings is 1. The van der Waals surface area contributed by atoms with Crippen LogP contribution in [0.5, 0.6) is 5.75 Å². The molecular formula is C18H28N4O. The maximum Gasteiger partial charge on any atom is 0.191 e. The van der Waals surface area contributed by atoms with Crippen molar-refractivity contribution in [3.8, 4) is 5.75 Å². The number of ether oxygens (including phenoxy) is 1. The second kappa shape index (κ2) is 7.68. The highest BCUT2D eigenvalue weighted by atomic mass is 16.5. The molecule has 5 nitrogen and oxygen atoms in total. The average molecular weight is 316 g/mol. The van der Waals surface area contributed by atoms with Gasteiger partial charge in [-0.2, -0.15) is 0 Å². The van der Waals surface area contributed by atoms with Crippen LogP contribution in [0.25, 0.3) is 0 Å². The SMILES string of the molecule is COc1ccccc1C(CNC1=NCC(C)N1)N1CCCCC1. The van der Waals surface area contributed by atoms with Crippen molar-refractivity contribution in [3.63, 3.8) is 0 Å². The van der Waals surface area contributed by atoms with Gasteiger partial charge < -0.3 is 15.4 Å². The number of nitrogens with zero attached hydrogens (tertiary/aromatic N) is 2.